The Bertz CT molecular complexity index is 213. The highest BCUT2D eigenvalue weighted by atomic mass is 32.2. The molecule has 0 aliphatic carbocycles. The minimum atomic E-state index is 0. The quantitative estimate of drug-likeness (QED) is 0.778. The first-order valence-corrected chi connectivity index (χ1v) is 7.26. The van der Waals surface area contributed by atoms with Crippen molar-refractivity contribution in [2.75, 3.05) is 18.8 Å². The Labute approximate surface area is 102 Å². The summed E-state index contributed by atoms with van der Waals surface area (Å²) in [5, 5.41) is 2.87. The highest BCUT2D eigenvalue weighted by Gasteiger charge is 2.12. The fourth-order valence-corrected chi connectivity index (χ4v) is 2.60. The first kappa shape index (κ1) is 14.8. The standard InChI is InChI=1S/C8H14N2OS2.C2H6.H2/c1-2-3-4-9-7(11)13-8-10-5-6-12-8;1-2;/h2-6H2,1H3,(H,9,11);1-2H3;1H. The fraction of sp³-hybridized carbons (Fsp3) is 0.800. The van der Waals surface area contributed by atoms with Crippen LogP contribution in [0, 0.1) is 0 Å². The van der Waals surface area contributed by atoms with E-state index in [4.69, 9.17) is 0 Å². The van der Waals surface area contributed by atoms with Gasteiger partial charge in [-0.15, -0.1) is 0 Å². The summed E-state index contributed by atoms with van der Waals surface area (Å²) in [6.45, 7) is 7.74. The van der Waals surface area contributed by atoms with Crippen LogP contribution in [0.1, 0.15) is 35.0 Å². The Morgan fingerprint density at radius 2 is 2.40 bits per heavy atom. The predicted molar refractivity (Wildman–Crippen MR) is 74.1 cm³/mol. The van der Waals surface area contributed by atoms with Crippen molar-refractivity contribution in [1.29, 1.82) is 0 Å². The van der Waals surface area contributed by atoms with Crippen molar-refractivity contribution in [2.24, 2.45) is 4.99 Å². The van der Waals surface area contributed by atoms with Gasteiger partial charge in [0.1, 0.15) is 4.38 Å². The number of hydrogen-bond donors (Lipinski definition) is 1. The molecule has 1 rings (SSSR count). The molecule has 3 nitrogen and oxygen atoms in total. The second-order valence-electron chi connectivity index (χ2n) is 2.67. The first-order chi connectivity index (χ1) is 7.33. The van der Waals surface area contributed by atoms with Crippen molar-refractivity contribution in [3.63, 3.8) is 0 Å². The number of aliphatic imine (C=N–C) groups is 1. The number of nitrogens with zero attached hydrogens (tertiary/aromatic N) is 1. The van der Waals surface area contributed by atoms with Crippen molar-refractivity contribution < 1.29 is 6.22 Å². The maximum Gasteiger partial charge on any atom is 0.285 e. The second-order valence-corrected chi connectivity index (χ2v) is 4.97. The maximum atomic E-state index is 11.2. The molecule has 0 fully saturated rings. The molecule has 0 aromatic rings. The average molecular weight is 250 g/mol. The molecule has 1 N–H and O–H groups in total. The van der Waals surface area contributed by atoms with Crippen molar-refractivity contribution >= 4 is 33.1 Å². The van der Waals surface area contributed by atoms with Crippen LogP contribution in [-0.2, 0) is 0 Å². The Balaban J connectivity index is 0. The van der Waals surface area contributed by atoms with Crippen LogP contribution in [0.25, 0.3) is 0 Å². The van der Waals surface area contributed by atoms with Crippen molar-refractivity contribution in [2.45, 2.75) is 33.6 Å². The third-order valence-corrected chi connectivity index (χ3v) is 3.54. The summed E-state index contributed by atoms with van der Waals surface area (Å²) in [5.74, 6) is 1.02. The summed E-state index contributed by atoms with van der Waals surface area (Å²) in [5.41, 5.74) is 0. The topological polar surface area (TPSA) is 41.5 Å². The molecule has 1 amide bonds. The number of carbonyl (C=O) groups is 1. The molecule has 0 spiro atoms. The summed E-state index contributed by atoms with van der Waals surface area (Å²) in [4.78, 5) is 15.4. The molecule has 1 aliphatic heterocycles. The highest BCUT2D eigenvalue weighted by Crippen LogP contribution is 2.22. The molecule has 0 bridgehead atoms. The van der Waals surface area contributed by atoms with Gasteiger partial charge in [-0.1, -0.05) is 39.0 Å². The first-order valence-electron chi connectivity index (χ1n) is 5.46. The Hall–Kier alpha value is -0.160. The smallest absolute Gasteiger partial charge is 0.285 e. The lowest BCUT2D eigenvalue weighted by molar-refractivity contribution is 0.261. The van der Waals surface area contributed by atoms with Crippen LogP contribution in [-0.4, -0.2) is 28.5 Å². The maximum absolute atomic E-state index is 11.2. The third kappa shape index (κ3) is 7.73. The van der Waals surface area contributed by atoms with Gasteiger partial charge in [-0.3, -0.25) is 9.79 Å². The van der Waals surface area contributed by atoms with Gasteiger partial charge < -0.3 is 5.32 Å². The molecule has 0 aromatic heterocycles. The lowest BCUT2D eigenvalue weighted by atomic mass is 10.3. The van der Waals surface area contributed by atoms with Crippen molar-refractivity contribution in [1.82, 2.24) is 5.32 Å². The monoisotopic (exact) mass is 250 g/mol. The number of thioether (sulfide) groups is 2. The normalized spacial score (nSPS) is 13.9. The lowest BCUT2D eigenvalue weighted by Crippen LogP contribution is -2.20. The van der Waals surface area contributed by atoms with E-state index in [0.29, 0.717) is 0 Å². The summed E-state index contributed by atoms with van der Waals surface area (Å²) < 4.78 is 0.911. The summed E-state index contributed by atoms with van der Waals surface area (Å²) in [6.07, 6.45) is 2.16. The summed E-state index contributed by atoms with van der Waals surface area (Å²) in [6, 6.07) is 0. The van der Waals surface area contributed by atoms with Crippen LogP contribution in [0.15, 0.2) is 4.99 Å². The van der Waals surface area contributed by atoms with E-state index in [1.807, 2.05) is 13.8 Å². The van der Waals surface area contributed by atoms with E-state index in [0.717, 1.165) is 36.1 Å². The Morgan fingerprint density at radius 3 is 2.93 bits per heavy atom. The molecule has 0 atom stereocenters. The van der Waals surface area contributed by atoms with E-state index >= 15 is 0 Å². The molecule has 90 valence electrons. The summed E-state index contributed by atoms with van der Waals surface area (Å²) in [7, 11) is 0. The molecule has 1 heterocycles. The minimum Gasteiger partial charge on any atom is -0.347 e. The van der Waals surface area contributed by atoms with E-state index < -0.39 is 0 Å². The van der Waals surface area contributed by atoms with Crippen LogP contribution in [0.4, 0.5) is 4.79 Å². The number of amides is 1. The van der Waals surface area contributed by atoms with E-state index in [9.17, 15) is 4.79 Å². The number of hydrogen-bond acceptors (Lipinski definition) is 4. The Kier molecular flexibility index (Phi) is 10.3. The van der Waals surface area contributed by atoms with Crippen LogP contribution in [0.3, 0.4) is 0 Å². The van der Waals surface area contributed by atoms with Gasteiger partial charge in [0.15, 0.2) is 0 Å². The molecule has 0 saturated carbocycles. The molecular weight excluding hydrogens is 228 g/mol. The van der Waals surface area contributed by atoms with Crippen molar-refractivity contribution in [3.05, 3.63) is 0 Å². The zero-order valence-electron chi connectivity index (χ0n) is 9.71. The average Bonchev–Trinajstić information content (AvgIpc) is 2.74. The predicted octanol–water partition coefficient (Wildman–Crippen LogP) is 3.60. The van der Waals surface area contributed by atoms with Crippen LogP contribution >= 0.6 is 23.5 Å². The van der Waals surface area contributed by atoms with Gasteiger partial charge in [0.05, 0.1) is 6.54 Å². The number of nitrogens with one attached hydrogen (secondary N) is 1. The molecule has 15 heavy (non-hydrogen) atoms. The van der Waals surface area contributed by atoms with Gasteiger partial charge in [-0.05, 0) is 18.2 Å². The molecule has 0 aromatic carbocycles. The van der Waals surface area contributed by atoms with Gasteiger partial charge in [-0.25, -0.2) is 0 Å². The van der Waals surface area contributed by atoms with E-state index in [2.05, 4.69) is 17.2 Å². The van der Waals surface area contributed by atoms with E-state index in [-0.39, 0.29) is 6.67 Å². The van der Waals surface area contributed by atoms with E-state index in [1.54, 1.807) is 11.8 Å². The Morgan fingerprint density at radius 1 is 1.67 bits per heavy atom. The lowest BCUT2D eigenvalue weighted by Gasteiger charge is -2.01. The molecule has 0 radical (unpaired) electrons. The fourth-order valence-electron chi connectivity index (χ4n) is 0.860. The van der Waals surface area contributed by atoms with Gasteiger partial charge in [-0.2, -0.15) is 0 Å². The second kappa shape index (κ2) is 10.4. The minimum absolute atomic E-state index is 0. The van der Waals surface area contributed by atoms with Gasteiger partial charge >= 0.3 is 0 Å². The number of unbranched alkanes of at least 4 members (excludes halogenated alkanes) is 1. The SMILES string of the molecule is CC.CCCCNC(=O)SC1=NCCS1.[HH]. The van der Waals surface area contributed by atoms with Gasteiger partial charge in [0, 0.05) is 13.7 Å². The zero-order chi connectivity index (χ0) is 11.5. The molecule has 1 aliphatic rings. The van der Waals surface area contributed by atoms with Crippen LogP contribution < -0.4 is 5.32 Å². The summed E-state index contributed by atoms with van der Waals surface area (Å²) >= 11 is 2.88. The molecule has 0 unspecified atom stereocenters. The zero-order valence-corrected chi connectivity index (χ0v) is 11.3. The molecule has 5 heteroatoms. The van der Waals surface area contributed by atoms with Gasteiger partial charge in [0.25, 0.3) is 5.24 Å². The number of rotatable bonds is 3. The van der Waals surface area contributed by atoms with Gasteiger partial charge in [0.2, 0.25) is 0 Å². The molecular formula is C10H22N2OS2. The van der Waals surface area contributed by atoms with Crippen molar-refractivity contribution in [3.8, 4) is 0 Å². The van der Waals surface area contributed by atoms with Crippen LogP contribution in [0.2, 0.25) is 0 Å². The molecule has 0 saturated heterocycles. The highest BCUT2D eigenvalue weighted by molar-refractivity contribution is 8.45. The van der Waals surface area contributed by atoms with Crippen LogP contribution in [0.5, 0.6) is 0 Å². The largest absolute Gasteiger partial charge is 0.347 e. The third-order valence-electron chi connectivity index (χ3n) is 1.54. The number of carbonyl (C=O) groups excluding carboxylic acids is 1. The van der Waals surface area contributed by atoms with E-state index in [1.165, 1.54) is 11.8 Å².